The van der Waals surface area contributed by atoms with E-state index in [9.17, 15) is 0 Å². The molecule has 0 fully saturated rings. The lowest BCUT2D eigenvalue weighted by atomic mass is 9.92. The van der Waals surface area contributed by atoms with Crippen molar-refractivity contribution in [1.82, 2.24) is 0 Å². The van der Waals surface area contributed by atoms with Gasteiger partial charge in [-0.1, -0.05) is 66.7 Å². The molecule has 0 spiro atoms. The normalized spacial score (nSPS) is 19.8. The van der Waals surface area contributed by atoms with E-state index in [4.69, 9.17) is 4.74 Å². The summed E-state index contributed by atoms with van der Waals surface area (Å²) in [5.74, 6) is 0. The monoisotopic (exact) mass is 262 g/mol. The van der Waals surface area contributed by atoms with Crippen LogP contribution in [0.15, 0.2) is 73.3 Å². The van der Waals surface area contributed by atoms with Crippen LogP contribution in [0.2, 0.25) is 0 Å². The molecule has 100 valence electrons. The molecule has 3 rings (SSSR count). The van der Waals surface area contributed by atoms with E-state index in [1.807, 2.05) is 24.3 Å². The molecule has 1 nitrogen and oxygen atoms in total. The highest BCUT2D eigenvalue weighted by atomic mass is 16.5. The number of rotatable bonds is 5. The Labute approximate surface area is 120 Å². The molecule has 1 aliphatic rings. The van der Waals surface area contributed by atoms with E-state index >= 15 is 0 Å². The smallest absolute Gasteiger partial charge is 0.116 e. The molecule has 0 amide bonds. The van der Waals surface area contributed by atoms with Crippen molar-refractivity contribution in [2.45, 2.75) is 18.6 Å². The molecule has 0 radical (unpaired) electrons. The molecule has 0 N–H and O–H groups in total. The largest absolute Gasteiger partial charge is 0.361 e. The summed E-state index contributed by atoms with van der Waals surface area (Å²) in [6, 6.07) is 18.7. The van der Waals surface area contributed by atoms with Crippen LogP contribution in [0.4, 0.5) is 0 Å². The average Bonchev–Trinajstić information content (AvgIpc) is 2.87. The van der Waals surface area contributed by atoms with Crippen molar-refractivity contribution >= 4 is 6.08 Å². The lowest BCUT2D eigenvalue weighted by Gasteiger charge is -2.28. The van der Waals surface area contributed by atoms with Crippen LogP contribution in [0.3, 0.4) is 0 Å². The van der Waals surface area contributed by atoms with Gasteiger partial charge in [-0.05, 0) is 22.8 Å². The molecule has 0 aromatic heterocycles. The van der Waals surface area contributed by atoms with Crippen LogP contribution < -0.4 is 0 Å². The second kappa shape index (κ2) is 5.48. The van der Waals surface area contributed by atoms with E-state index in [0.29, 0.717) is 6.61 Å². The highest BCUT2D eigenvalue weighted by Crippen LogP contribution is 2.40. The molecule has 0 heterocycles. The molecule has 1 atom stereocenters. The summed E-state index contributed by atoms with van der Waals surface area (Å²) < 4.78 is 6.29. The molecule has 1 aliphatic carbocycles. The van der Waals surface area contributed by atoms with Crippen molar-refractivity contribution in [3.05, 3.63) is 90.0 Å². The fourth-order valence-corrected chi connectivity index (χ4v) is 2.71. The molecule has 1 unspecified atom stereocenters. The van der Waals surface area contributed by atoms with E-state index in [-0.39, 0.29) is 5.60 Å². The Morgan fingerprint density at radius 1 is 1.00 bits per heavy atom. The maximum Gasteiger partial charge on any atom is 0.116 e. The third kappa shape index (κ3) is 2.33. The summed E-state index contributed by atoms with van der Waals surface area (Å²) in [4.78, 5) is 0. The zero-order valence-corrected chi connectivity index (χ0v) is 11.5. The van der Waals surface area contributed by atoms with Gasteiger partial charge in [0, 0.05) is 6.42 Å². The number of fused-ring (bicyclic) bond motifs is 1. The minimum Gasteiger partial charge on any atom is -0.361 e. The Bertz CT molecular complexity index is 627. The van der Waals surface area contributed by atoms with E-state index in [2.05, 4.69) is 55.1 Å². The van der Waals surface area contributed by atoms with Gasteiger partial charge < -0.3 is 4.74 Å². The van der Waals surface area contributed by atoms with Gasteiger partial charge in [-0.15, -0.1) is 6.58 Å². The highest BCUT2D eigenvalue weighted by Gasteiger charge is 2.34. The van der Waals surface area contributed by atoms with Gasteiger partial charge in [-0.25, -0.2) is 0 Å². The van der Waals surface area contributed by atoms with E-state index < -0.39 is 0 Å². The van der Waals surface area contributed by atoms with Gasteiger partial charge in [0.25, 0.3) is 0 Å². The number of benzene rings is 2. The fraction of sp³-hybridized carbons (Fsp3) is 0.158. The maximum atomic E-state index is 6.29. The van der Waals surface area contributed by atoms with Gasteiger partial charge in [0.1, 0.15) is 5.60 Å². The molecule has 20 heavy (non-hydrogen) atoms. The Hall–Kier alpha value is -2.12. The Kier molecular flexibility index (Phi) is 3.53. The minimum absolute atomic E-state index is 0.367. The molecule has 0 bridgehead atoms. The maximum absolute atomic E-state index is 6.29. The third-order valence-corrected chi connectivity index (χ3v) is 3.74. The quantitative estimate of drug-likeness (QED) is 0.710. The van der Waals surface area contributed by atoms with Gasteiger partial charge in [0.15, 0.2) is 0 Å². The summed E-state index contributed by atoms with van der Waals surface area (Å²) >= 11 is 0. The van der Waals surface area contributed by atoms with Crippen LogP contribution in [0.5, 0.6) is 0 Å². The standard InChI is InChI=1S/C19H18O/c1-2-13-19(20-15-16-8-4-3-5-9-16)14-12-17-10-6-7-11-18(17)19/h2-12,14H,1,13,15H2. The Morgan fingerprint density at radius 2 is 1.75 bits per heavy atom. The van der Waals surface area contributed by atoms with Crippen LogP contribution in [-0.4, -0.2) is 0 Å². The first-order chi connectivity index (χ1) is 9.84. The van der Waals surface area contributed by atoms with Gasteiger partial charge >= 0.3 is 0 Å². The van der Waals surface area contributed by atoms with Gasteiger partial charge in [-0.3, -0.25) is 0 Å². The van der Waals surface area contributed by atoms with Crippen molar-refractivity contribution < 1.29 is 4.74 Å². The van der Waals surface area contributed by atoms with Gasteiger partial charge in [0.05, 0.1) is 6.61 Å². The van der Waals surface area contributed by atoms with Gasteiger partial charge in [-0.2, -0.15) is 0 Å². The van der Waals surface area contributed by atoms with Crippen LogP contribution in [0.1, 0.15) is 23.1 Å². The molecule has 0 saturated heterocycles. The molecule has 2 aromatic carbocycles. The van der Waals surface area contributed by atoms with E-state index in [1.54, 1.807) is 0 Å². The summed E-state index contributed by atoms with van der Waals surface area (Å²) in [5.41, 5.74) is 3.29. The molecule has 1 heteroatoms. The lowest BCUT2D eigenvalue weighted by molar-refractivity contribution is -0.0202. The van der Waals surface area contributed by atoms with Crippen molar-refractivity contribution in [1.29, 1.82) is 0 Å². The number of ether oxygens (including phenoxy) is 1. The second-order valence-electron chi connectivity index (χ2n) is 5.08. The number of hydrogen-bond donors (Lipinski definition) is 0. The molecule has 2 aromatic rings. The SMILES string of the molecule is C=CCC1(OCc2ccccc2)C=Cc2ccccc21. The van der Waals surface area contributed by atoms with E-state index in [0.717, 1.165) is 6.42 Å². The van der Waals surface area contributed by atoms with Crippen LogP contribution >= 0.6 is 0 Å². The summed E-state index contributed by atoms with van der Waals surface area (Å²) in [5, 5.41) is 0. The lowest BCUT2D eigenvalue weighted by Crippen LogP contribution is -2.25. The predicted octanol–water partition coefficient (Wildman–Crippen LogP) is 4.70. The Morgan fingerprint density at radius 3 is 2.55 bits per heavy atom. The van der Waals surface area contributed by atoms with Crippen molar-refractivity contribution in [2.75, 3.05) is 0 Å². The van der Waals surface area contributed by atoms with E-state index in [1.165, 1.54) is 16.7 Å². The molecule has 0 aliphatic heterocycles. The van der Waals surface area contributed by atoms with Crippen molar-refractivity contribution in [3.8, 4) is 0 Å². The van der Waals surface area contributed by atoms with Gasteiger partial charge in [0.2, 0.25) is 0 Å². The fourth-order valence-electron chi connectivity index (χ4n) is 2.71. The topological polar surface area (TPSA) is 9.23 Å². The summed E-state index contributed by atoms with van der Waals surface area (Å²) in [7, 11) is 0. The third-order valence-electron chi connectivity index (χ3n) is 3.74. The summed E-state index contributed by atoms with van der Waals surface area (Å²) in [6.45, 7) is 4.49. The molecule has 0 saturated carbocycles. The molecular formula is C19H18O. The molecular weight excluding hydrogens is 244 g/mol. The highest BCUT2D eigenvalue weighted by molar-refractivity contribution is 5.64. The first-order valence-corrected chi connectivity index (χ1v) is 6.92. The Balaban J connectivity index is 1.87. The number of hydrogen-bond acceptors (Lipinski definition) is 1. The van der Waals surface area contributed by atoms with Crippen LogP contribution in [0.25, 0.3) is 6.08 Å². The zero-order valence-electron chi connectivity index (χ0n) is 11.5. The van der Waals surface area contributed by atoms with Crippen LogP contribution in [0, 0.1) is 0 Å². The second-order valence-corrected chi connectivity index (χ2v) is 5.08. The summed E-state index contributed by atoms with van der Waals surface area (Å²) in [6.07, 6.45) is 7.01. The average molecular weight is 262 g/mol. The minimum atomic E-state index is -0.367. The zero-order chi connectivity index (χ0) is 13.8. The van der Waals surface area contributed by atoms with Crippen molar-refractivity contribution in [3.63, 3.8) is 0 Å². The first kappa shape index (κ1) is 12.9. The van der Waals surface area contributed by atoms with Crippen LogP contribution in [-0.2, 0) is 16.9 Å². The first-order valence-electron chi connectivity index (χ1n) is 6.92. The van der Waals surface area contributed by atoms with Crippen molar-refractivity contribution in [2.24, 2.45) is 0 Å². The predicted molar refractivity (Wildman–Crippen MR) is 83.2 cm³/mol.